The fraction of sp³-hybridized carbons (Fsp3) is 0.818. The third-order valence-corrected chi connectivity index (χ3v) is 5.87. The normalized spacial score (nSPS) is 33.7. The average Bonchev–Trinajstić information content (AvgIpc) is 2.72. The highest BCUT2D eigenvalue weighted by Gasteiger charge is 2.60. The van der Waals surface area contributed by atoms with E-state index in [-0.39, 0.29) is 12.4 Å². The molecule has 0 saturated carbocycles. The first-order chi connectivity index (χ1) is 14.2. The summed E-state index contributed by atoms with van der Waals surface area (Å²) in [6, 6.07) is 0. The largest absolute Gasteiger partial charge is 0.461 e. The number of unbranched alkanes of at least 4 members (excludes halogenated alkanes) is 4. The lowest BCUT2D eigenvalue weighted by atomic mass is 9.88. The highest BCUT2D eigenvalue weighted by molar-refractivity contribution is 6.01. The Balaban J connectivity index is 2.21. The fourth-order valence-electron chi connectivity index (χ4n) is 3.68. The van der Waals surface area contributed by atoms with E-state index in [0.717, 1.165) is 19.3 Å². The molecular formula is C22H36O8. The zero-order valence-electron chi connectivity index (χ0n) is 19.0. The van der Waals surface area contributed by atoms with Crippen molar-refractivity contribution in [3.05, 3.63) is 11.6 Å². The Hall–Kier alpha value is -1.32. The number of Topliss-reactive ketones (excluding diaryl/α,β-unsaturated/α-hetero) is 1. The van der Waals surface area contributed by atoms with E-state index in [1.165, 1.54) is 34.0 Å². The Morgan fingerprint density at radius 1 is 1.07 bits per heavy atom. The summed E-state index contributed by atoms with van der Waals surface area (Å²) in [6.07, 6.45) is 5.00. The summed E-state index contributed by atoms with van der Waals surface area (Å²) in [5.74, 6) is -3.33. The average molecular weight is 429 g/mol. The molecule has 1 aliphatic heterocycles. The number of rotatable bonds is 11. The van der Waals surface area contributed by atoms with Crippen LogP contribution < -0.4 is 0 Å². The van der Waals surface area contributed by atoms with Crippen molar-refractivity contribution < 1.29 is 38.0 Å². The molecule has 1 saturated heterocycles. The summed E-state index contributed by atoms with van der Waals surface area (Å²) in [5, 5.41) is 0. The topological polar surface area (TPSA) is 89.5 Å². The molecule has 0 aromatic heterocycles. The molecular weight excluding hydrogens is 392 g/mol. The molecule has 0 N–H and O–H groups in total. The quantitative estimate of drug-likeness (QED) is 0.367. The second-order valence-electron chi connectivity index (χ2n) is 8.01. The molecule has 5 atom stereocenters. The number of carbonyl (C=O) groups excluding carboxylic acids is 2. The van der Waals surface area contributed by atoms with E-state index in [0.29, 0.717) is 12.2 Å². The molecule has 0 unspecified atom stereocenters. The number of hydrogen-bond acceptors (Lipinski definition) is 8. The van der Waals surface area contributed by atoms with Gasteiger partial charge in [0, 0.05) is 33.3 Å². The Bertz CT molecular complexity index is 633. The van der Waals surface area contributed by atoms with Gasteiger partial charge in [-0.3, -0.25) is 9.59 Å². The summed E-state index contributed by atoms with van der Waals surface area (Å²) >= 11 is 0. The lowest BCUT2D eigenvalue weighted by Gasteiger charge is -2.53. The second kappa shape index (κ2) is 10.8. The van der Waals surface area contributed by atoms with Gasteiger partial charge < -0.3 is 28.4 Å². The third kappa shape index (κ3) is 5.48. The number of fused-ring (bicyclic) bond motifs is 1. The minimum Gasteiger partial charge on any atom is -0.461 e. The number of ketones is 1. The van der Waals surface area contributed by atoms with Gasteiger partial charge in [0.15, 0.2) is 11.9 Å². The Labute approximate surface area is 179 Å². The summed E-state index contributed by atoms with van der Waals surface area (Å²) in [4.78, 5) is 24.3. The monoisotopic (exact) mass is 428 g/mol. The predicted octanol–water partition coefficient (Wildman–Crippen LogP) is 2.92. The van der Waals surface area contributed by atoms with Crippen molar-refractivity contribution in [1.29, 1.82) is 0 Å². The molecule has 2 rings (SSSR count). The minimum absolute atomic E-state index is 0.137. The van der Waals surface area contributed by atoms with Gasteiger partial charge in [-0.25, -0.2) is 0 Å². The maximum absolute atomic E-state index is 13.1. The van der Waals surface area contributed by atoms with Crippen LogP contribution in [0.25, 0.3) is 0 Å². The molecule has 1 heterocycles. The molecule has 0 aromatic carbocycles. The molecule has 0 bridgehead atoms. The van der Waals surface area contributed by atoms with Crippen LogP contribution in [0.5, 0.6) is 0 Å². The fourth-order valence-corrected chi connectivity index (χ4v) is 3.68. The van der Waals surface area contributed by atoms with Gasteiger partial charge in [0.2, 0.25) is 11.6 Å². The highest BCUT2D eigenvalue weighted by atomic mass is 16.8. The van der Waals surface area contributed by atoms with Crippen LogP contribution in [0.2, 0.25) is 0 Å². The smallest absolute Gasteiger partial charge is 0.302 e. The molecule has 1 aliphatic carbocycles. The standard InChI is InChI=1S/C22H36O8/c1-7-8-9-10-11-12-27-17-13-16(14-28-15(2)23)18(24)20-19(17)29-21(3,25-5)22(4,26-6)30-20/h13,17,19-20H,7-12,14H2,1-6H3/t17-,19-,20-,21+,22+/m0/s1. The second-order valence-corrected chi connectivity index (χ2v) is 8.01. The maximum atomic E-state index is 13.1. The van der Waals surface area contributed by atoms with Crippen LogP contribution in [0.4, 0.5) is 0 Å². The highest BCUT2D eigenvalue weighted by Crippen LogP contribution is 2.42. The van der Waals surface area contributed by atoms with E-state index in [4.69, 9.17) is 28.4 Å². The van der Waals surface area contributed by atoms with Crippen molar-refractivity contribution in [1.82, 2.24) is 0 Å². The van der Waals surface area contributed by atoms with Gasteiger partial charge in [0.25, 0.3) is 0 Å². The van der Waals surface area contributed by atoms with E-state index in [9.17, 15) is 9.59 Å². The maximum Gasteiger partial charge on any atom is 0.302 e. The summed E-state index contributed by atoms with van der Waals surface area (Å²) < 4.78 is 34.5. The molecule has 0 radical (unpaired) electrons. The summed E-state index contributed by atoms with van der Waals surface area (Å²) in [7, 11) is 2.96. The molecule has 0 spiro atoms. The Morgan fingerprint density at radius 2 is 1.70 bits per heavy atom. The van der Waals surface area contributed by atoms with Crippen molar-refractivity contribution in [2.75, 3.05) is 27.4 Å². The lowest BCUT2D eigenvalue weighted by molar-refractivity contribution is -0.447. The van der Waals surface area contributed by atoms with Gasteiger partial charge in [-0.05, 0) is 26.3 Å². The van der Waals surface area contributed by atoms with Gasteiger partial charge in [0.1, 0.15) is 18.8 Å². The number of ether oxygens (including phenoxy) is 6. The van der Waals surface area contributed by atoms with Crippen LogP contribution in [0, 0.1) is 0 Å². The summed E-state index contributed by atoms with van der Waals surface area (Å²) in [6.45, 7) is 7.23. The van der Waals surface area contributed by atoms with E-state index in [1.807, 2.05) is 0 Å². The molecule has 30 heavy (non-hydrogen) atoms. The van der Waals surface area contributed by atoms with E-state index >= 15 is 0 Å². The zero-order valence-corrected chi connectivity index (χ0v) is 19.0. The first kappa shape index (κ1) is 24.9. The Morgan fingerprint density at radius 3 is 2.30 bits per heavy atom. The van der Waals surface area contributed by atoms with Crippen LogP contribution >= 0.6 is 0 Å². The lowest BCUT2D eigenvalue weighted by Crippen LogP contribution is -2.69. The Kier molecular flexibility index (Phi) is 8.99. The van der Waals surface area contributed by atoms with Gasteiger partial charge in [0.05, 0.1) is 0 Å². The van der Waals surface area contributed by atoms with Gasteiger partial charge in [-0.15, -0.1) is 0 Å². The van der Waals surface area contributed by atoms with Crippen molar-refractivity contribution >= 4 is 11.8 Å². The van der Waals surface area contributed by atoms with E-state index in [2.05, 4.69) is 6.92 Å². The minimum atomic E-state index is -1.31. The SMILES string of the molecule is CCCCCCCO[C@H]1C=C(COC(C)=O)C(=O)[C@@H]2O[C@@](C)(OC)[C@](C)(OC)O[C@@H]12. The molecule has 2 aliphatic rings. The van der Waals surface area contributed by atoms with Crippen LogP contribution in [0.15, 0.2) is 11.6 Å². The van der Waals surface area contributed by atoms with Crippen LogP contribution in [-0.2, 0) is 38.0 Å². The number of esters is 1. The number of hydrogen-bond donors (Lipinski definition) is 0. The van der Waals surface area contributed by atoms with E-state index < -0.39 is 35.9 Å². The molecule has 0 aromatic rings. The van der Waals surface area contributed by atoms with Crippen molar-refractivity contribution in [2.24, 2.45) is 0 Å². The zero-order chi connectivity index (χ0) is 22.4. The molecule has 1 fully saturated rings. The summed E-state index contributed by atoms with van der Waals surface area (Å²) in [5.41, 5.74) is 0.325. The molecule has 0 amide bonds. The molecule has 8 nitrogen and oxygen atoms in total. The first-order valence-corrected chi connectivity index (χ1v) is 10.7. The van der Waals surface area contributed by atoms with Crippen molar-refractivity contribution in [3.63, 3.8) is 0 Å². The third-order valence-electron chi connectivity index (χ3n) is 5.87. The van der Waals surface area contributed by atoms with Gasteiger partial charge in [-0.2, -0.15) is 0 Å². The van der Waals surface area contributed by atoms with Crippen molar-refractivity contribution in [3.8, 4) is 0 Å². The predicted molar refractivity (Wildman–Crippen MR) is 109 cm³/mol. The molecule has 8 heteroatoms. The van der Waals surface area contributed by atoms with E-state index in [1.54, 1.807) is 19.9 Å². The van der Waals surface area contributed by atoms with Gasteiger partial charge in [-0.1, -0.05) is 32.6 Å². The van der Waals surface area contributed by atoms with Crippen molar-refractivity contribution in [2.45, 2.75) is 89.7 Å². The first-order valence-electron chi connectivity index (χ1n) is 10.7. The molecule has 172 valence electrons. The van der Waals surface area contributed by atoms with Crippen LogP contribution in [0.1, 0.15) is 59.8 Å². The van der Waals surface area contributed by atoms with Gasteiger partial charge >= 0.3 is 5.97 Å². The number of carbonyl (C=O) groups is 2. The number of methoxy groups -OCH3 is 2. The van der Waals surface area contributed by atoms with Crippen LogP contribution in [-0.4, -0.2) is 69.1 Å². The van der Waals surface area contributed by atoms with Crippen LogP contribution in [0.3, 0.4) is 0 Å².